The smallest absolute Gasteiger partial charge is 0.322 e. The van der Waals surface area contributed by atoms with Crippen LogP contribution in [0, 0.1) is 0 Å². The van der Waals surface area contributed by atoms with Crippen LogP contribution in [0.1, 0.15) is 0 Å². The number of anilines is 2. The summed E-state index contributed by atoms with van der Waals surface area (Å²) in [5.41, 5.74) is 1.36. The molecular weight excluding hydrogens is 546 g/mol. The van der Waals surface area contributed by atoms with Gasteiger partial charge < -0.3 is 34.1 Å². The summed E-state index contributed by atoms with van der Waals surface area (Å²) in [6, 6.07) is 25.1. The lowest BCUT2D eigenvalue weighted by atomic mass is 10.1. The molecule has 220 valence electrons. The van der Waals surface area contributed by atoms with Crippen LogP contribution in [0.15, 0.2) is 85.2 Å². The van der Waals surface area contributed by atoms with Gasteiger partial charge in [0.05, 0.1) is 24.9 Å². The Morgan fingerprint density at radius 1 is 0.791 bits per heavy atom. The predicted molar refractivity (Wildman–Crippen MR) is 167 cm³/mol. The predicted octanol–water partition coefficient (Wildman–Crippen LogP) is 5.96. The first-order valence-corrected chi connectivity index (χ1v) is 14.1. The van der Waals surface area contributed by atoms with Crippen LogP contribution in [0.5, 0.6) is 23.0 Å². The molecule has 0 radical (unpaired) electrons. The van der Waals surface area contributed by atoms with Gasteiger partial charge in [-0.3, -0.25) is 0 Å². The van der Waals surface area contributed by atoms with E-state index in [1.54, 1.807) is 25.4 Å². The summed E-state index contributed by atoms with van der Waals surface area (Å²) < 4.78 is 22.8. The van der Waals surface area contributed by atoms with Gasteiger partial charge in [-0.15, -0.1) is 0 Å². The highest BCUT2D eigenvalue weighted by Gasteiger charge is 2.25. The molecule has 6 rings (SSSR count). The van der Waals surface area contributed by atoms with E-state index in [0.717, 1.165) is 33.2 Å². The van der Waals surface area contributed by atoms with Crippen LogP contribution in [0.25, 0.3) is 21.7 Å². The second-order valence-corrected chi connectivity index (χ2v) is 10.0. The van der Waals surface area contributed by atoms with Crippen molar-refractivity contribution < 1.29 is 23.7 Å². The number of methoxy groups -OCH3 is 2. The van der Waals surface area contributed by atoms with E-state index in [0.29, 0.717) is 62.3 Å². The molecule has 0 atom stereocenters. The highest BCUT2D eigenvalue weighted by atomic mass is 16.5. The zero-order valence-electron chi connectivity index (χ0n) is 24.2. The minimum absolute atomic E-state index is 0.180. The number of amides is 2. The van der Waals surface area contributed by atoms with Crippen molar-refractivity contribution in [1.29, 1.82) is 0 Å². The van der Waals surface area contributed by atoms with Gasteiger partial charge in [-0.1, -0.05) is 48.5 Å². The lowest BCUT2D eigenvalue weighted by Crippen LogP contribution is -2.50. The number of hydrogen-bond acceptors (Lipinski definition) is 8. The molecule has 2 amide bonds. The first kappa shape index (κ1) is 28.0. The number of hydrogen-bond donors (Lipinski definition) is 1. The molecule has 0 spiro atoms. The summed E-state index contributed by atoms with van der Waals surface area (Å²) in [6.07, 6.45) is 1.55. The molecule has 4 aromatic carbocycles. The third-order valence-electron chi connectivity index (χ3n) is 7.41. The van der Waals surface area contributed by atoms with Gasteiger partial charge >= 0.3 is 6.03 Å². The van der Waals surface area contributed by atoms with Crippen molar-refractivity contribution in [3.8, 4) is 23.0 Å². The molecule has 10 nitrogen and oxygen atoms in total. The van der Waals surface area contributed by atoms with E-state index in [2.05, 4.69) is 20.2 Å². The Kier molecular flexibility index (Phi) is 8.37. The molecule has 43 heavy (non-hydrogen) atoms. The molecule has 5 aromatic rings. The molecular formula is C33H33N5O5. The SMILES string of the molecule is COCCOc1cc2ncnc(N3CCN(C(=O)Nc4ccccc4Oc4cccc5ccccc45)CC3)c2cc1OC. The highest BCUT2D eigenvalue weighted by Crippen LogP contribution is 2.36. The molecule has 1 saturated heterocycles. The Hall–Kier alpha value is -5.09. The number of rotatable bonds is 9. The number of carbonyl (C=O) groups excluding carboxylic acids is 1. The number of carbonyl (C=O) groups is 1. The number of fused-ring (bicyclic) bond motifs is 2. The maximum Gasteiger partial charge on any atom is 0.322 e. The lowest BCUT2D eigenvalue weighted by molar-refractivity contribution is 0.144. The fourth-order valence-corrected chi connectivity index (χ4v) is 5.19. The summed E-state index contributed by atoms with van der Waals surface area (Å²) in [6.45, 7) is 3.15. The average molecular weight is 580 g/mol. The van der Waals surface area contributed by atoms with Gasteiger partial charge in [-0.05, 0) is 29.7 Å². The van der Waals surface area contributed by atoms with Gasteiger partial charge in [-0.2, -0.15) is 0 Å². The minimum atomic E-state index is -0.180. The number of nitrogens with one attached hydrogen (secondary N) is 1. The van der Waals surface area contributed by atoms with Crippen LogP contribution in [-0.4, -0.2) is 74.5 Å². The topological polar surface area (TPSA) is 98.3 Å². The monoisotopic (exact) mass is 579 g/mol. The lowest BCUT2D eigenvalue weighted by Gasteiger charge is -2.35. The van der Waals surface area contributed by atoms with Crippen molar-refractivity contribution in [3.63, 3.8) is 0 Å². The Bertz CT molecular complexity index is 1730. The first-order chi connectivity index (χ1) is 21.1. The van der Waals surface area contributed by atoms with Crippen molar-refractivity contribution >= 4 is 39.2 Å². The van der Waals surface area contributed by atoms with Gasteiger partial charge in [0.2, 0.25) is 0 Å². The van der Waals surface area contributed by atoms with Crippen LogP contribution >= 0.6 is 0 Å². The number of ether oxygens (including phenoxy) is 4. The number of urea groups is 1. The summed E-state index contributed by atoms with van der Waals surface area (Å²) in [4.78, 5) is 26.3. The van der Waals surface area contributed by atoms with E-state index < -0.39 is 0 Å². The van der Waals surface area contributed by atoms with E-state index in [1.165, 1.54) is 0 Å². The fraction of sp³-hybridized carbons (Fsp3) is 0.242. The second kappa shape index (κ2) is 12.8. The number of benzene rings is 4. The Balaban J connectivity index is 1.14. The Morgan fingerprint density at radius 2 is 1.56 bits per heavy atom. The van der Waals surface area contributed by atoms with Crippen molar-refractivity contribution in [2.75, 3.05) is 63.8 Å². The minimum Gasteiger partial charge on any atom is -0.493 e. The van der Waals surface area contributed by atoms with Crippen LogP contribution in [0.3, 0.4) is 0 Å². The van der Waals surface area contributed by atoms with Crippen LogP contribution in [-0.2, 0) is 4.74 Å². The number of nitrogens with zero attached hydrogens (tertiary/aromatic N) is 4. The third kappa shape index (κ3) is 6.09. The van der Waals surface area contributed by atoms with Gasteiger partial charge in [0, 0.05) is 50.1 Å². The molecule has 1 aliphatic heterocycles. The molecule has 0 unspecified atom stereocenters. The molecule has 0 bridgehead atoms. The highest BCUT2D eigenvalue weighted by molar-refractivity contribution is 5.94. The second-order valence-electron chi connectivity index (χ2n) is 10.0. The first-order valence-electron chi connectivity index (χ1n) is 14.1. The molecule has 10 heteroatoms. The largest absolute Gasteiger partial charge is 0.493 e. The summed E-state index contributed by atoms with van der Waals surface area (Å²) in [7, 11) is 3.24. The van der Waals surface area contributed by atoms with Crippen LogP contribution < -0.4 is 24.4 Å². The van der Waals surface area contributed by atoms with Crippen LogP contribution in [0.2, 0.25) is 0 Å². The number of aromatic nitrogens is 2. The van der Waals surface area contributed by atoms with E-state index >= 15 is 0 Å². The Labute approximate surface area is 249 Å². The summed E-state index contributed by atoms with van der Waals surface area (Å²) in [5.74, 6) is 3.30. The zero-order chi connectivity index (χ0) is 29.6. The normalized spacial score (nSPS) is 13.3. The number of piperazine rings is 1. The summed E-state index contributed by atoms with van der Waals surface area (Å²) >= 11 is 0. The van der Waals surface area contributed by atoms with Gasteiger partial charge in [0.25, 0.3) is 0 Å². The molecule has 0 saturated carbocycles. The molecule has 1 aliphatic rings. The summed E-state index contributed by atoms with van der Waals surface area (Å²) in [5, 5.41) is 6.01. The quantitative estimate of drug-likeness (QED) is 0.214. The maximum absolute atomic E-state index is 13.3. The molecule has 0 aliphatic carbocycles. The van der Waals surface area contributed by atoms with E-state index in [1.807, 2.05) is 78.9 Å². The Morgan fingerprint density at radius 3 is 2.40 bits per heavy atom. The third-order valence-corrected chi connectivity index (χ3v) is 7.41. The van der Waals surface area contributed by atoms with Crippen molar-refractivity contribution in [2.24, 2.45) is 0 Å². The molecule has 2 heterocycles. The molecule has 1 aromatic heterocycles. The van der Waals surface area contributed by atoms with E-state index in [-0.39, 0.29) is 6.03 Å². The standard InChI is InChI=1S/C33H33N5O5/c1-40-18-19-42-31-21-27-25(20-30(31)41-2)32(35-22-34-27)37-14-16-38(17-15-37)33(39)36-26-11-5-6-12-29(26)43-28-13-7-9-23-8-3-4-10-24(23)28/h3-13,20-22H,14-19H2,1-2H3,(H,36,39). The van der Waals surface area contributed by atoms with Gasteiger partial charge in [0.15, 0.2) is 17.2 Å². The van der Waals surface area contributed by atoms with Crippen molar-refractivity contribution in [1.82, 2.24) is 14.9 Å². The van der Waals surface area contributed by atoms with E-state index in [4.69, 9.17) is 18.9 Å². The van der Waals surface area contributed by atoms with Gasteiger partial charge in [-0.25, -0.2) is 14.8 Å². The zero-order valence-corrected chi connectivity index (χ0v) is 24.2. The van der Waals surface area contributed by atoms with Crippen molar-refractivity contribution in [2.45, 2.75) is 0 Å². The molecule has 1 N–H and O–H groups in total. The fourth-order valence-electron chi connectivity index (χ4n) is 5.19. The average Bonchev–Trinajstić information content (AvgIpc) is 3.05. The van der Waals surface area contributed by atoms with Gasteiger partial charge in [0.1, 0.15) is 24.5 Å². The van der Waals surface area contributed by atoms with E-state index in [9.17, 15) is 4.79 Å². The van der Waals surface area contributed by atoms with Crippen molar-refractivity contribution in [3.05, 3.63) is 85.2 Å². The molecule has 1 fully saturated rings. The van der Waals surface area contributed by atoms with Crippen LogP contribution in [0.4, 0.5) is 16.3 Å². The number of para-hydroxylation sites is 2. The maximum atomic E-state index is 13.3.